The molecule has 2 atom stereocenters. The van der Waals surface area contributed by atoms with Crippen molar-refractivity contribution in [3.05, 3.63) is 12.2 Å². The van der Waals surface area contributed by atoms with E-state index in [0.717, 1.165) is 0 Å². The molecule has 0 aliphatic heterocycles. The number of hydrogen-bond acceptors (Lipinski definition) is 0. The van der Waals surface area contributed by atoms with E-state index < -0.39 is 11.6 Å². The lowest BCUT2D eigenvalue weighted by Crippen LogP contribution is -2.38. The average molecular weight is 220 g/mol. The maximum Gasteiger partial charge on any atom is 0.397 e. The van der Waals surface area contributed by atoms with E-state index in [-0.39, 0.29) is 11.8 Å². The summed E-state index contributed by atoms with van der Waals surface area (Å²) in [5, 5.41) is 0. The summed E-state index contributed by atoms with van der Waals surface area (Å²) in [6.45, 7) is 7.43. The van der Waals surface area contributed by atoms with E-state index >= 15 is 0 Å². The van der Waals surface area contributed by atoms with Crippen LogP contribution in [0.25, 0.3) is 0 Å². The Bertz CT molecular complexity index is 265. The molecular formula is C12H19F3. The van der Waals surface area contributed by atoms with E-state index in [1.807, 2.05) is 6.92 Å². The van der Waals surface area contributed by atoms with E-state index in [1.54, 1.807) is 6.08 Å². The molecule has 0 aromatic carbocycles. The second-order valence-corrected chi connectivity index (χ2v) is 5.41. The highest BCUT2D eigenvalue weighted by Crippen LogP contribution is 2.50. The Morgan fingerprint density at radius 2 is 1.60 bits per heavy atom. The van der Waals surface area contributed by atoms with Crippen LogP contribution in [0.4, 0.5) is 13.2 Å². The smallest absolute Gasteiger partial charge is 0.170 e. The Morgan fingerprint density at radius 1 is 1.07 bits per heavy atom. The number of hydrogen-bond donors (Lipinski definition) is 0. The van der Waals surface area contributed by atoms with E-state index in [0.29, 0.717) is 12.3 Å². The van der Waals surface area contributed by atoms with Crippen molar-refractivity contribution in [1.29, 1.82) is 0 Å². The van der Waals surface area contributed by atoms with Gasteiger partial charge in [-0.1, -0.05) is 32.9 Å². The molecule has 1 aliphatic rings. The van der Waals surface area contributed by atoms with Gasteiger partial charge in [0.2, 0.25) is 0 Å². The molecule has 0 radical (unpaired) electrons. The highest BCUT2D eigenvalue weighted by Gasteiger charge is 2.51. The van der Waals surface area contributed by atoms with Crippen molar-refractivity contribution in [1.82, 2.24) is 0 Å². The van der Waals surface area contributed by atoms with Gasteiger partial charge in [0.1, 0.15) is 0 Å². The molecule has 1 rings (SSSR count). The van der Waals surface area contributed by atoms with Gasteiger partial charge in [-0.3, -0.25) is 0 Å². The van der Waals surface area contributed by atoms with Crippen LogP contribution in [0.15, 0.2) is 12.2 Å². The van der Waals surface area contributed by atoms with Gasteiger partial charge in [0.15, 0.2) is 0 Å². The fourth-order valence-corrected chi connectivity index (χ4v) is 1.79. The van der Waals surface area contributed by atoms with Gasteiger partial charge < -0.3 is 0 Å². The van der Waals surface area contributed by atoms with E-state index in [9.17, 15) is 13.2 Å². The van der Waals surface area contributed by atoms with Crippen molar-refractivity contribution in [3.63, 3.8) is 0 Å². The lowest BCUT2D eigenvalue weighted by atomic mass is 9.66. The van der Waals surface area contributed by atoms with Crippen LogP contribution in [-0.4, -0.2) is 6.18 Å². The van der Waals surface area contributed by atoms with Gasteiger partial charge in [-0.2, -0.15) is 13.2 Å². The minimum Gasteiger partial charge on any atom is -0.170 e. The van der Waals surface area contributed by atoms with Gasteiger partial charge in [0.25, 0.3) is 0 Å². The van der Waals surface area contributed by atoms with Crippen molar-refractivity contribution >= 4 is 0 Å². The first-order valence-electron chi connectivity index (χ1n) is 5.38. The molecule has 0 saturated carbocycles. The summed E-state index contributed by atoms with van der Waals surface area (Å²) in [5.74, 6) is 0.381. The zero-order chi connectivity index (χ0) is 11.9. The summed E-state index contributed by atoms with van der Waals surface area (Å²) in [6.07, 6.45) is -0.203. The van der Waals surface area contributed by atoms with Gasteiger partial charge in [0.05, 0.1) is 5.41 Å². The molecule has 0 amide bonds. The largest absolute Gasteiger partial charge is 0.397 e. The summed E-state index contributed by atoms with van der Waals surface area (Å²) in [5.41, 5.74) is -1.70. The van der Waals surface area contributed by atoms with Crippen molar-refractivity contribution in [2.75, 3.05) is 0 Å². The molecule has 0 aromatic heterocycles. The second kappa shape index (κ2) is 3.53. The fraction of sp³-hybridized carbons (Fsp3) is 0.833. The maximum atomic E-state index is 12.7. The predicted octanol–water partition coefficient (Wildman–Crippen LogP) is 4.57. The third kappa shape index (κ3) is 2.21. The number of alkyl halides is 3. The van der Waals surface area contributed by atoms with E-state index in [4.69, 9.17) is 0 Å². The van der Waals surface area contributed by atoms with Gasteiger partial charge in [-0.25, -0.2) is 0 Å². The van der Waals surface area contributed by atoms with Gasteiger partial charge in [0, 0.05) is 0 Å². The first kappa shape index (κ1) is 12.6. The quantitative estimate of drug-likeness (QED) is 0.568. The fourth-order valence-electron chi connectivity index (χ4n) is 1.79. The van der Waals surface area contributed by atoms with Crippen LogP contribution in [0.2, 0.25) is 0 Å². The minimum atomic E-state index is -4.12. The monoisotopic (exact) mass is 220 g/mol. The maximum absolute atomic E-state index is 12.7. The molecule has 0 nitrogen and oxygen atoms in total. The van der Waals surface area contributed by atoms with Crippen molar-refractivity contribution in [3.8, 4) is 0 Å². The Morgan fingerprint density at radius 3 is 1.87 bits per heavy atom. The zero-order valence-corrected chi connectivity index (χ0v) is 9.78. The molecule has 0 fully saturated rings. The first-order chi connectivity index (χ1) is 6.61. The normalized spacial score (nSPS) is 37.3. The SMILES string of the molecule is CC(C)C1(C)C=CC(C)(C(F)(F)F)CC1. The molecule has 88 valence electrons. The Labute approximate surface area is 89.6 Å². The second-order valence-electron chi connectivity index (χ2n) is 5.41. The zero-order valence-electron chi connectivity index (χ0n) is 9.78. The molecule has 3 heteroatoms. The average Bonchev–Trinajstić information content (AvgIpc) is 2.08. The number of halogens is 3. The molecule has 0 N–H and O–H groups in total. The molecular weight excluding hydrogens is 201 g/mol. The third-order valence-corrected chi connectivity index (χ3v) is 3.98. The van der Waals surface area contributed by atoms with Crippen LogP contribution in [0.3, 0.4) is 0 Å². The topological polar surface area (TPSA) is 0 Å². The molecule has 1 aliphatic carbocycles. The first-order valence-corrected chi connectivity index (χ1v) is 5.38. The summed E-state index contributed by atoms with van der Waals surface area (Å²) in [6, 6.07) is 0. The summed E-state index contributed by atoms with van der Waals surface area (Å²) in [4.78, 5) is 0. The van der Waals surface area contributed by atoms with Crippen LogP contribution in [-0.2, 0) is 0 Å². The molecule has 0 aromatic rings. The highest BCUT2D eigenvalue weighted by atomic mass is 19.4. The minimum absolute atomic E-state index is 0.0786. The molecule has 0 heterocycles. The lowest BCUT2D eigenvalue weighted by molar-refractivity contribution is -0.205. The number of rotatable bonds is 1. The van der Waals surface area contributed by atoms with Gasteiger partial charge in [-0.05, 0) is 31.1 Å². The number of allylic oxidation sites excluding steroid dienone is 2. The highest BCUT2D eigenvalue weighted by molar-refractivity contribution is 5.12. The van der Waals surface area contributed by atoms with Crippen molar-refractivity contribution in [2.24, 2.45) is 16.7 Å². The van der Waals surface area contributed by atoms with Crippen molar-refractivity contribution in [2.45, 2.75) is 46.7 Å². The van der Waals surface area contributed by atoms with Crippen LogP contribution in [0.1, 0.15) is 40.5 Å². The molecule has 15 heavy (non-hydrogen) atoms. The Kier molecular flexibility index (Phi) is 2.97. The summed E-state index contributed by atoms with van der Waals surface area (Å²) in [7, 11) is 0. The van der Waals surface area contributed by atoms with Gasteiger partial charge >= 0.3 is 6.18 Å². The lowest BCUT2D eigenvalue weighted by Gasteiger charge is -2.41. The van der Waals surface area contributed by atoms with Crippen LogP contribution < -0.4 is 0 Å². The molecule has 2 unspecified atom stereocenters. The molecule has 0 spiro atoms. The van der Waals surface area contributed by atoms with E-state index in [1.165, 1.54) is 13.0 Å². The molecule has 0 saturated heterocycles. The van der Waals surface area contributed by atoms with Crippen LogP contribution in [0.5, 0.6) is 0 Å². The standard InChI is InChI=1S/C12H19F3/c1-9(2)10(3)5-7-11(4,8-6-10)12(13,14)15/h5,7,9H,6,8H2,1-4H3. The third-order valence-electron chi connectivity index (χ3n) is 3.98. The van der Waals surface area contributed by atoms with Crippen molar-refractivity contribution < 1.29 is 13.2 Å². The van der Waals surface area contributed by atoms with Crippen LogP contribution >= 0.6 is 0 Å². The summed E-state index contributed by atoms with van der Waals surface area (Å²) < 4.78 is 38.2. The molecule has 0 bridgehead atoms. The Balaban J connectivity index is 2.92. The predicted molar refractivity (Wildman–Crippen MR) is 55.5 cm³/mol. The Hall–Kier alpha value is -0.470. The van der Waals surface area contributed by atoms with Gasteiger partial charge in [-0.15, -0.1) is 0 Å². The van der Waals surface area contributed by atoms with E-state index in [2.05, 4.69) is 13.8 Å². The summed E-state index contributed by atoms with van der Waals surface area (Å²) >= 11 is 0. The van der Waals surface area contributed by atoms with Crippen LogP contribution in [0, 0.1) is 16.7 Å².